The number of thiazole rings is 1. The molecule has 1 amide bonds. The molecule has 4 aromatic rings. The summed E-state index contributed by atoms with van der Waals surface area (Å²) in [7, 11) is 0. The van der Waals surface area contributed by atoms with Gasteiger partial charge in [-0.15, -0.1) is 22.7 Å². The van der Waals surface area contributed by atoms with E-state index in [0.717, 1.165) is 33.5 Å². The fourth-order valence-electron chi connectivity index (χ4n) is 2.55. The number of rotatable bonds is 3. The van der Waals surface area contributed by atoms with Crippen molar-refractivity contribution in [1.82, 2.24) is 14.7 Å². The van der Waals surface area contributed by atoms with Crippen LogP contribution in [0.3, 0.4) is 0 Å². The van der Waals surface area contributed by atoms with E-state index in [2.05, 4.69) is 10.3 Å². The van der Waals surface area contributed by atoms with Crippen LogP contribution < -0.4 is 5.32 Å². The van der Waals surface area contributed by atoms with Crippen LogP contribution in [-0.2, 0) is 0 Å². The first kappa shape index (κ1) is 15.2. The third-order valence-electron chi connectivity index (χ3n) is 3.74. The highest BCUT2D eigenvalue weighted by Gasteiger charge is 2.19. The van der Waals surface area contributed by atoms with Crippen LogP contribution in [0.4, 0.5) is 8.78 Å². The molecular formula is C16H11F2N3OS2. The molecule has 0 saturated heterocycles. The Labute approximate surface area is 143 Å². The third kappa shape index (κ3) is 2.47. The van der Waals surface area contributed by atoms with Gasteiger partial charge in [-0.2, -0.15) is 0 Å². The van der Waals surface area contributed by atoms with Crippen molar-refractivity contribution in [2.75, 3.05) is 0 Å². The summed E-state index contributed by atoms with van der Waals surface area (Å²) >= 11 is 2.80. The molecule has 1 N–H and O–H groups in total. The van der Waals surface area contributed by atoms with Crippen LogP contribution in [0, 0.1) is 11.6 Å². The van der Waals surface area contributed by atoms with E-state index in [1.807, 2.05) is 16.0 Å². The van der Waals surface area contributed by atoms with E-state index in [4.69, 9.17) is 0 Å². The molecule has 0 saturated carbocycles. The second-order valence-corrected chi connectivity index (χ2v) is 7.23. The maximum Gasteiger partial charge on any atom is 0.261 e. The van der Waals surface area contributed by atoms with Crippen LogP contribution in [0.2, 0.25) is 0 Å². The number of halogens is 2. The number of amides is 1. The number of imidazole rings is 1. The second-order valence-electron chi connectivity index (χ2n) is 5.33. The highest BCUT2D eigenvalue weighted by Crippen LogP contribution is 2.28. The Kier molecular flexibility index (Phi) is 3.58. The van der Waals surface area contributed by atoms with Gasteiger partial charge < -0.3 is 5.32 Å². The molecule has 0 fully saturated rings. The molecule has 0 aliphatic rings. The van der Waals surface area contributed by atoms with Crippen LogP contribution in [0.25, 0.3) is 15.3 Å². The van der Waals surface area contributed by atoms with Crippen LogP contribution >= 0.6 is 22.7 Å². The highest BCUT2D eigenvalue weighted by molar-refractivity contribution is 7.21. The molecule has 1 atom stereocenters. The minimum atomic E-state index is -0.647. The molecule has 0 unspecified atom stereocenters. The quantitative estimate of drug-likeness (QED) is 0.587. The molecule has 0 bridgehead atoms. The first-order valence-corrected chi connectivity index (χ1v) is 8.83. The van der Waals surface area contributed by atoms with Crippen molar-refractivity contribution in [3.05, 3.63) is 57.9 Å². The number of carbonyl (C=O) groups excluding carboxylic acids is 1. The van der Waals surface area contributed by atoms with Gasteiger partial charge in [-0.1, -0.05) is 0 Å². The number of fused-ring (bicyclic) bond motifs is 3. The molecule has 0 radical (unpaired) electrons. The van der Waals surface area contributed by atoms with Crippen LogP contribution in [-0.4, -0.2) is 15.3 Å². The number of thiophene rings is 1. The first-order valence-electron chi connectivity index (χ1n) is 7.14. The molecular weight excluding hydrogens is 352 g/mol. The summed E-state index contributed by atoms with van der Waals surface area (Å²) in [5, 5.41) is 4.63. The third-order valence-corrected chi connectivity index (χ3v) is 5.51. The Morgan fingerprint density at radius 1 is 1.33 bits per heavy atom. The zero-order valence-electron chi connectivity index (χ0n) is 12.4. The maximum atomic E-state index is 13.8. The van der Waals surface area contributed by atoms with Crippen molar-refractivity contribution in [3.8, 4) is 0 Å². The van der Waals surface area contributed by atoms with Crippen LogP contribution in [0.1, 0.15) is 28.2 Å². The molecule has 4 nitrogen and oxygen atoms in total. The van der Waals surface area contributed by atoms with Gasteiger partial charge in [0.25, 0.3) is 5.91 Å². The van der Waals surface area contributed by atoms with Gasteiger partial charge >= 0.3 is 0 Å². The Morgan fingerprint density at radius 2 is 2.17 bits per heavy atom. The molecule has 24 heavy (non-hydrogen) atoms. The van der Waals surface area contributed by atoms with E-state index >= 15 is 0 Å². The first-order chi connectivity index (χ1) is 11.5. The molecule has 8 heteroatoms. The fourth-order valence-corrected chi connectivity index (χ4v) is 4.25. The van der Waals surface area contributed by atoms with Crippen molar-refractivity contribution >= 4 is 43.9 Å². The Balaban J connectivity index is 1.61. The zero-order chi connectivity index (χ0) is 16.8. The topological polar surface area (TPSA) is 46.4 Å². The van der Waals surface area contributed by atoms with Crippen molar-refractivity contribution in [2.45, 2.75) is 13.0 Å². The van der Waals surface area contributed by atoms with E-state index in [-0.39, 0.29) is 11.5 Å². The van der Waals surface area contributed by atoms with Gasteiger partial charge in [0.2, 0.25) is 0 Å². The molecule has 4 rings (SSSR count). The van der Waals surface area contributed by atoms with E-state index < -0.39 is 17.7 Å². The van der Waals surface area contributed by atoms with Crippen molar-refractivity contribution in [2.24, 2.45) is 0 Å². The molecule has 3 heterocycles. The summed E-state index contributed by atoms with van der Waals surface area (Å²) in [6.45, 7) is 1.62. The van der Waals surface area contributed by atoms with Gasteiger partial charge in [-0.05, 0) is 31.2 Å². The number of benzene rings is 1. The van der Waals surface area contributed by atoms with Gasteiger partial charge in [-0.3, -0.25) is 9.20 Å². The highest BCUT2D eigenvalue weighted by atomic mass is 32.1. The van der Waals surface area contributed by atoms with E-state index in [1.165, 1.54) is 22.7 Å². The molecule has 3 aromatic heterocycles. The molecule has 0 aliphatic heterocycles. The summed E-state index contributed by atoms with van der Waals surface area (Å²) in [5.74, 6) is -1.42. The number of nitrogens with zero attached hydrogens (tertiary/aromatic N) is 2. The van der Waals surface area contributed by atoms with Crippen molar-refractivity contribution in [3.63, 3.8) is 0 Å². The Bertz CT molecular complexity index is 1070. The molecule has 122 valence electrons. The monoisotopic (exact) mass is 363 g/mol. The minimum absolute atomic E-state index is 0.117. The van der Waals surface area contributed by atoms with E-state index in [0.29, 0.717) is 4.88 Å². The summed E-state index contributed by atoms with van der Waals surface area (Å²) in [6, 6.07) is 4.31. The largest absolute Gasteiger partial charge is 0.345 e. The second kappa shape index (κ2) is 5.64. The lowest BCUT2D eigenvalue weighted by molar-refractivity contribution is 0.0943. The maximum absolute atomic E-state index is 13.8. The summed E-state index contributed by atoms with van der Waals surface area (Å²) in [6.07, 6.45) is 1.90. The zero-order valence-corrected chi connectivity index (χ0v) is 14.0. The fraction of sp³-hybridized carbons (Fsp3) is 0.125. The van der Waals surface area contributed by atoms with Gasteiger partial charge in [0.05, 0.1) is 16.4 Å². The lowest BCUT2D eigenvalue weighted by atomic mass is 10.1. The smallest absolute Gasteiger partial charge is 0.261 e. The Morgan fingerprint density at radius 3 is 3.00 bits per heavy atom. The SMILES string of the molecule is C[C@H](NC(=O)c1cc2c(nc3sccn32)s1)c1cc(F)ccc1F. The number of hydrogen-bond donors (Lipinski definition) is 1. The summed E-state index contributed by atoms with van der Waals surface area (Å²) in [5.41, 5.74) is 0.984. The number of nitrogens with one attached hydrogen (secondary N) is 1. The van der Waals surface area contributed by atoms with Crippen molar-refractivity contribution < 1.29 is 13.6 Å². The van der Waals surface area contributed by atoms with Gasteiger partial charge in [0, 0.05) is 17.1 Å². The predicted octanol–water partition coefficient (Wildman–Crippen LogP) is 4.38. The normalized spacial score (nSPS) is 12.8. The number of aromatic nitrogens is 2. The minimum Gasteiger partial charge on any atom is -0.345 e. The molecule has 1 aromatic carbocycles. The lowest BCUT2D eigenvalue weighted by Gasteiger charge is -2.14. The van der Waals surface area contributed by atoms with Crippen LogP contribution in [0.5, 0.6) is 0 Å². The number of carbonyl (C=O) groups is 1. The summed E-state index contributed by atoms with van der Waals surface area (Å²) < 4.78 is 29.0. The average Bonchev–Trinajstić information content (AvgIpc) is 3.21. The van der Waals surface area contributed by atoms with Crippen LogP contribution in [0.15, 0.2) is 35.8 Å². The van der Waals surface area contributed by atoms with Gasteiger partial charge in [0.15, 0.2) is 4.96 Å². The van der Waals surface area contributed by atoms with Gasteiger partial charge in [0.1, 0.15) is 16.5 Å². The van der Waals surface area contributed by atoms with Gasteiger partial charge in [-0.25, -0.2) is 13.8 Å². The average molecular weight is 363 g/mol. The summed E-state index contributed by atoms with van der Waals surface area (Å²) in [4.78, 5) is 19.0. The lowest BCUT2D eigenvalue weighted by Crippen LogP contribution is -2.26. The number of hydrogen-bond acceptors (Lipinski definition) is 4. The van der Waals surface area contributed by atoms with Crippen molar-refractivity contribution in [1.29, 1.82) is 0 Å². The van der Waals surface area contributed by atoms with E-state index in [9.17, 15) is 13.6 Å². The predicted molar refractivity (Wildman–Crippen MR) is 90.7 cm³/mol. The Hall–Kier alpha value is -2.32. The molecule has 0 spiro atoms. The van der Waals surface area contributed by atoms with E-state index in [1.54, 1.807) is 13.0 Å². The molecule has 0 aliphatic carbocycles. The standard InChI is InChI=1S/C16H11F2N3OS2/c1-8(10-6-9(17)2-3-11(10)18)19-14(22)13-7-12-15(24-13)20-16-21(12)4-5-23-16/h2-8H,1H3,(H,19,22)/t8-/m0/s1.